The number of benzene rings is 2. The first-order valence-corrected chi connectivity index (χ1v) is 19.6. The maximum atomic E-state index is 15.4. The van der Waals surface area contributed by atoms with Crippen molar-refractivity contribution in [2.24, 2.45) is 13.0 Å². The van der Waals surface area contributed by atoms with Crippen LogP contribution in [-0.2, 0) is 46.9 Å². The van der Waals surface area contributed by atoms with Crippen molar-refractivity contribution in [3.8, 4) is 23.0 Å². The van der Waals surface area contributed by atoms with E-state index in [-0.39, 0.29) is 60.9 Å². The quantitative estimate of drug-likeness (QED) is 0.103. The van der Waals surface area contributed by atoms with E-state index < -0.39 is 99.5 Å². The third-order valence-electron chi connectivity index (χ3n) is 9.82. The summed E-state index contributed by atoms with van der Waals surface area (Å²) in [7, 11) is -2.48. The minimum Gasteiger partial charge on any atom is -0.372 e. The molecule has 4 unspecified atom stereocenters. The Morgan fingerprint density at radius 2 is 1.75 bits per heavy atom. The number of carbonyl (C=O) groups excluding carboxylic acids is 1. The number of carbonyl (C=O) groups is 1. The van der Waals surface area contributed by atoms with Crippen LogP contribution in [0, 0.1) is 29.4 Å². The number of alkyl halides is 7. The SMILES string of the molecule is Cn1nc(NS(C)(=O)=O)c2c(Cl)ccc(-c3ccc(C#CC(C)(O)C(F)F)nc3C(Cc3cc(F)cc(F)c3)NC(=O)Cn3nc(C(F)(F)F)c4c3C(F)(F)C3CC43)c21. The zero-order valence-corrected chi connectivity index (χ0v) is 32.1. The molecule has 0 radical (unpaired) electrons. The molecular formula is C37H29ClF9N7O4S. The number of amides is 1. The van der Waals surface area contributed by atoms with E-state index in [0.29, 0.717) is 6.07 Å². The molecule has 4 atom stereocenters. The van der Waals surface area contributed by atoms with Crippen molar-refractivity contribution in [3.63, 3.8) is 0 Å². The Hall–Kier alpha value is -5.33. The number of fused-ring (bicyclic) bond motifs is 4. The molecule has 2 aliphatic rings. The van der Waals surface area contributed by atoms with Gasteiger partial charge in [-0.05, 0) is 67.5 Å². The van der Waals surface area contributed by atoms with Crippen LogP contribution < -0.4 is 10.0 Å². The van der Waals surface area contributed by atoms with E-state index in [4.69, 9.17) is 11.6 Å². The summed E-state index contributed by atoms with van der Waals surface area (Å²) in [6.45, 7) is -0.444. The summed E-state index contributed by atoms with van der Waals surface area (Å²) in [5.41, 5.74) is -6.34. The zero-order valence-electron chi connectivity index (χ0n) is 30.6. The average molecular weight is 874 g/mol. The Morgan fingerprint density at radius 3 is 2.37 bits per heavy atom. The first-order valence-electron chi connectivity index (χ1n) is 17.3. The molecule has 3 aromatic heterocycles. The predicted molar refractivity (Wildman–Crippen MR) is 194 cm³/mol. The molecule has 59 heavy (non-hydrogen) atoms. The summed E-state index contributed by atoms with van der Waals surface area (Å²) in [6, 6.07) is 6.20. The monoisotopic (exact) mass is 873 g/mol. The number of nitrogens with zero attached hydrogens (tertiary/aromatic N) is 5. The first kappa shape index (κ1) is 41.8. The molecule has 2 aliphatic carbocycles. The van der Waals surface area contributed by atoms with Crippen molar-refractivity contribution in [2.75, 3.05) is 11.0 Å². The fourth-order valence-corrected chi connectivity index (χ4v) is 8.01. The van der Waals surface area contributed by atoms with Gasteiger partial charge in [0.1, 0.15) is 29.6 Å². The fraction of sp³-hybridized carbons (Fsp3) is 0.351. The lowest BCUT2D eigenvalue weighted by molar-refractivity contribution is -0.142. The number of aliphatic hydroxyl groups is 1. The minimum absolute atomic E-state index is 0.0220. The molecule has 1 fully saturated rings. The van der Waals surface area contributed by atoms with Crippen LogP contribution in [0.15, 0.2) is 42.5 Å². The van der Waals surface area contributed by atoms with E-state index in [2.05, 4.69) is 31.1 Å². The highest BCUT2D eigenvalue weighted by Crippen LogP contribution is 2.68. The standard InChI is InChI=1S/C37H29ClF9N7O4S/c1-35(56,34(41)42)9-8-19-4-5-20(21-6-7-24(38)28-30(21)53(2)51-33(28)52-59(3,57)58)29(48-19)25(12-16-10-17(39)13-18(40)11-16)49-26(55)15-54-32-27(31(50-54)37(45,46)47)22-14-23(22)36(32,43)44/h4-7,10-11,13,22-23,25,34,56H,12,14-15H2,1-3H3,(H,49,55)(H,51,52). The summed E-state index contributed by atoms with van der Waals surface area (Å²) in [5.74, 6) is -5.41. The number of halogens is 10. The van der Waals surface area contributed by atoms with Crippen molar-refractivity contribution in [1.82, 2.24) is 29.9 Å². The fourth-order valence-electron chi connectivity index (χ4n) is 7.27. The van der Waals surface area contributed by atoms with Crippen LogP contribution in [0.3, 0.4) is 0 Å². The minimum atomic E-state index is -5.13. The number of aromatic nitrogens is 5. The highest BCUT2D eigenvalue weighted by atomic mass is 35.5. The Bertz CT molecular complexity index is 2700. The smallest absolute Gasteiger partial charge is 0.372 e. The van der Waals surface area contributed by atoms with Crippen LogP contribution in [0.1, 0.15) is 59.2 Å². The number of hydrogen-bond acceptors (Lipinski definition) is 7. The lowest BCUT2D eigenvalue weighted by atomic mass is 9.93. The summed E-state index contributed by atoms with van der Waals surface area (Å²) in [4.78, 5) is 18.4. The summed E-state index contributed by atoms with van der Waals surface area (Å²) in [6.07, 6.45) is -8.32. The van der Waals surface area contributed by atoms with Gasteiger partial charge in [0.05, 0.1) is 33.9 Å². The molecule has 0 bridgehead atoms. The number of hydrogen-bond donors (Lipinski definition) is 3. The lowest BCUT2D eigenvalue weighted by Crippen LogP contribution is -2.35. The number of sulfonamides is 1. The molecule has 1 amide bonds. The molecule has 312 valence electrons. The largest absolute Gasteiger partial charge is 0.435 e. The van der Waals surface area contributed by atoms with E-state index in [1.807, 2.05) is 5.92 Å². The number of aryl methyl sites for hydroxylation is 1. The number of pyridine rings is 1. The third kappa shape index (κ3) is 8.04. The molecule has 2 aromatic carbocycles. The van der Waals surface area contributed by atoms with Gasteiger partial charge in [-0.1, -0.05) is 23.6 Å². The Balaban J connectivity index is 1.40. The van der Waals surface area contributed by atoms with Crippen LogP contribution in [0.4, 0.5) is 45.3 Å². The topological polar surface area (TPSA) is 144 Å². The van der Waals surface area contributed by atoms with Crippen molar-refractivity contribution in [2.45, 2.75) is 62.4 Å². The zero-order chi connectivity index (χ0) is 43.1. The van der Waals surface area contributed by atoms with E-state index >= 15 is 8.78 Å². The van der Waals surface area contributed by atoms with E-state index in [0.717, 1.165) is 25.3 Å². The maximum absolute atomic E-state index is 15.4. The van der Waals surface area contributed by atoms with Gasteiger partial charge in [0.15, 0.2) is 17.1 Å². The second kappa shape index (κ2) is 14.4. The average Bonchev–Trinajstić information content (AvgIpc) is 3.65. The summed E-state index contributed by atoms with van der Waals surface area (Å²) >= 11 is 6.52. The van der Waals surface area contributed by atoms with Crippen LogP contribution in [-0.4, -0.2) is 62.3 Å². The second-order valence-electron chi connectivity index (χ2n) is 14.4. The Labute approximate surface area is 333 Å². The van der Waals surface area contributed by atoms with Gasteiger partial charge in [-0.25, -0.2) is 31.0 Å². The third-order valence-corrected chi connectivity index (χ3v) is 10.7. The van der Waals surface area contributed by atoms with Crippen LogP contribution >= 0.6 is 11.6 Å². The highest BCUT2D eigenvalue weighted by molar-refractivity contribution is 7.92. The molecule has 0 spiro atoms. The van der Waals surface area contributed by atoms with E-state index in [1.165, 1.54) is 36.0 Å². The van der Waals surface area contributed by atoms with Gasteiger partial charge in [0, 0.05) is 35.7 Å². The molecule has 3 N–H and O–H groups in total. The van der Waals surface area contributed by atoms with Gasteiger partial charge in [0.25, 0.3) is 12.3 Å². The molecule has 3 heterocycles. The second-order valence-corrected chi connectivity index (χ2v) is 16.6. The first-order chi connectivity index (χ1) is 27.4. The van der Waals surface area contributed by atoms with Crippen molar-refractivity contribution in [1.29, 1.82) is 0 Å². The van der Waals surface area contributed by atoms with Crippen molar-refractivity contribution < 1.29 is 57.8 Å². The number of nitrogens with one attached hydrogen (secondary N) is 2. The highest BCUT2D eigenvalue weighted by Gasteiger charge is 2.68. The molecule has 0 aliphatic heterocycles. The number of anilines is 1. The van der Waals surface area contributed by atoms with Crippen LogP contribution in [0.25, 0.3) is 22.0 Å². The molecule has 22 heteroatoms. The molecular weight excluding hydrogens is 845 g/mol. The van der Waals surface area contributed by atoms with E-state index in [1.54, 1.807) is 0 Å². The molecule has 7 rings (SSSR count). The van der Waals surface area contributed by atoms with Gasteiger partial charge in [-0.3, -0.25) is 18.9 Å². The predicted octanol–water partition coefficient (Wildman–Crippen LogP) is 6.83. The lowest BCUT2D eigenvalue weighted by Gasteiger charge is -2.23. The molecule has 11 nitrogen and oxygen atoms in total. The van der Waals surface area contributed by atoms with Gasteiger partial charge in [-0.15, -0.1) is 0 Å². The summed E-state index contributed by atoms with van der Waals surface area (Å²) in [5, 5.41) is 20.3. The molecule has 1 saturated carbocycles. The van der Waals surface area contributed by atoms with Gasteiger partial charge < -0.3 is 10.4 Å². The van der Waals surface area contributed by atoms with Gasteiger partial charge in [0.2, 0.25) is 15.9 Å². The summed E-state index contributed by atoms with van der Waals surface area (Å²) < 4.78 is 157. The normalized spacial score (nSPS) is 18.5. The van der Waals surface area contributed by atoms with Gasteiger partial charge in [-0.2, -0.15) is 32.1 Å². The maximum Gasteiger partial charge on any atom is 0.435 e. The van der Waals surface area contributed by atoms with E-state index in [9.17, 15) is 49.1 Å². The van der Waals surface area contributed by atoms with Gasteiger partial charge >= 0.3 is 6.18 Å². The molecule has 0 saturated heterocycles. The molecule has 5 aromatic rings. The Morgan fingerprint density at radius 1 is 1.08 bits per heavy atom. The van der Waals surface area contributed by atoms with Crippen molar-refractivity contribution >= 4 is 44.3 Å². The van der Waals surface area contributed by atoms with Crippen LogP contribution in [0.5, 0.6) is 0 Å². The van der Waals surface area contributed by atoms with Crippen molar-refractivity contribution in [3.05, 3.63) is 93.0 Å². The Kier molecular flexibility index (Phi) is 10.2. The number of rotatable bonds is 10. The van der Waals surface area contributed by atoms with Crippen LogP contribution in [0.2, 0.25) is 5.02 Å².